The third-order valence-electron chi connectivity index (χ3n) is 2.00. The normalized spacial score (nSPS) is 14.0. The molecule has 0 aromatic carbocycles. The first-order valence-electron chi connectivity index (χ1n) is 5.21. The number of amides is 2. The second kappa shape index (κ2) is 8.50. The predicted molar refractivity (Wildman–Crippen MR) is 60.6 cm³/mol. The topological polar surface area (TPSA) is 148 Å². The summed E-state index contributed by atoms with van der Waals surface area (Å²) >= 11 is 0. The molecule has 9 heteroatoms. The SMILES string of the molecule is CN(CC(CO)OC(N)=O)CC(CO)OC(N)=O. The highest BCUT2D eigenvalue weighted by molar-refractivity contribution is 5.65. The van der Waals surface area contributed by atoms with Crippen molar-refractivity contribution in [3.8, 4) is 0 Å². The first-order chi connectivity index (χ1) is 8.38. The van der Waals surface area contributed by atoms with Gasteiger partial charge in [0.05, 0.1) is 13.2 Å². The van der Waals surface area contributed by atoms with Crippen molar-refractivity contribution in [3.63, 3.8) is 0 Å². The summed E-state index contributed by atoms with van der Waals surface area (Å²) in [5.74, 6) is 0. The highest BCUT2D eigenvalue weighted by Crippen LogP contribution is 1.99. The molecule has 0 aliphatic rings. The zero-order valence-electron chi connectivity index (χ0n) is 10.1. The van der Waals surface area contributed by atoms with E-state index in [9.17, 15) is 9.59 Å². The third-order valence-corrected chi connectivity index (χ3v) is 2.00. The van der Waals surface area contributed by atoms with Gasteiger partial charge in [-0.15, -0.1) is 0 Å². The Balaban J connectivity index is 4.16. The number of nitrogens with zero attached hydrogens (tertiary/aromatic N) is 1. The molecule has 0 spiro atoms. The molecule has 0 fully saturated rings. The molecule has 0 bridgehead atoms. The Morgan fingerprint density at radius 1 is 1.06 bits per heavy atom. The molecule has 0 rings (SSSR count). The van der Waals surface area contributed by atoms with Crippen LogP contribution in [0.2, 0.25) is 0 Å². The number of nitrogens with two attached hydrogens (primary N) is 2. The van der Waals surface area contributed by atoms with E-state index in [1.54, 1.807) is 11.9 Å². The van der Waals surface area contributed by atoms with Gasteiger partial charge in [0.1, 0.15) is 12.2 Å². The number of carbonyl (C=O) groups is 2. The minimum atomic E-state index is -0.991. The van der Waals surface area contributed by atoms with Gasteiger partial charge in [0.25, 0.3) is 0 Å². The van der Waals surface area contributed by atoms with E-state index in [0.717, 1.165) is 0 Å². The molecule has 0 heterocycles. The van der Waals surface area contributed by atoms with Crippen LogP contribution in [0, 0.1) is 0 Å². The molecule has 2 unspecified atom stereocenters. The molecule has 0 saturated heterocycles. The average molecular weight is 265 g/mol. The molecular weight excluding hydrogens is 246 g/mol. The van der Waals surface area contributed by atoms with E-state index in [1.807, 2.05) is 0 Å². The lowest BCUT2D eigenvalue weighted by atomic mass is 10.3. The number of ether oxygens (including phenoxy) is 2. The summed E-state index contributed by atoms with van der Waals surface area (Å²) < 4.78 is 9.24. The fourth-order valence-electron chi connectivity index (χ4n) is 1.36. The highest BCUT2D eigenvalue weighted by atomic mass is 16.6. The Bertz CT molecular complexity index is 249. The molecule has 0 aliphatic carbocycles. The van der Waals surface area contributed by atoms with Crippen LogP contribution in [0.1, 0.15) is 0 Å². The minimum Gasteiger partial charge on any atom is -0.443 e. The number of hydrogen-bond acceptors (Lipinski definition) is 7. The van der Waals surface area contributed by atoms with Crippen LogP contribution in [0.15, 0.2) is 0 Å². The third kappa shape index (κ3) is 7.65. The number of likely N-dealkylation sites (N-methyl/N-ethyl adjacent to an activating group) is 1. The van der Waals surface area contributed by atoms with Crippen LogP contribution < -0.4 is 11.5 Å². The maximum absolute atomic E-state index is 10.5. The Morgan fingerprint density at radius 3 is 1.61 bits per heavy atom. The lowest BCUT2D eigenvalue weighted by Gasteiger charge is -2.25. The molecule has 0 aromatic rings. The summed E-state index contributed by atoms with van der Waals surface area (Å²) in [5, 5.41) is 17.9. The molecule has 0 aromatic heterocycles. The molecule has 18 heavy (non-hydrogen) atoms. The quantitative estimate of drug-likeness (QED) is 0.390. The smallest absolute Gasteiger partial charge is 0.404 e. The molecule has 2 amide bonds. The monoisotopic (exact) mass is 265 g/mol. The van der Waals surface area contributed by atoms with Crippen molar-refractivity contribution in [2.24, 2.45) is 11.5 Å². The van der Waals surface area contributed by atoms with E-state index < -0.39 is 37.6 Å². The lowest BCUT2D eigenvalue weighted by molar-refractivity contribution is 0.0162. The molecule has 6 N–H and O–H groups in total. The van der Waals surface area contributed by atoms with Crippen LogP contribution in [0.25, 0.3) is 0 Å². The van der Waals surface area contributed by atoms with Crippen LogP contribution in [-0.2, 0) is 9.47 Å². The summed E-state index contributed by atoms with van der Waals surface area (Å²) in [6, 6.07) is 0. The number of hydrogen-bond donors (Lipinski definition) is 4. The number of primary amides is 2. The molecule has 106 valence electrons. The first-order valence-corrected chi connectivity index (χ1v) is 5.21. The highest BCUT2D eigenvalue weighted by Gasteiger charge is 2.18. The Kier molecular flexibility index (Phi) is 7.76. The maximum Gasteiger partial charge on any atom is 0.404 e. The van der Waals surface area contributed by atoms with Crippen molar-refractivity contribution in [2.75, 3.05) is 33.4 Å². The van der Waals surface area contributed by atoms with Crippen molar-refractivity contribution in [1.29, 1.82) is 0 Å². The summed E-state index contributed by atoms with van der Waals surface area (Å²) in [6.45, 7) is -0.461. The van der Waals surface area contributed by atoms with E-state index in [1.165, 1.54) is 0 Å². The number of aliphatic hydroxyl groups is 2. The molecule has 0 saturated carbocycles. The van der Waals surface area contributed by atoms with E-state index in [4.69, 9.17) is 21.7 Å². The van der Waals surface area contributed by atoms with Crippen molar-refractivity contribution in [2.45, 2.75) is 12.2 Å². The number of aliphatic hydroxyl groups excluding tert-OH is 2. The van der Waals surface area contributed by atoms with Crippen molar-refractivity contribution < 1.29 is 29.3 Å². The van der Waals surface area contributed by atoms with Gasteiger partial charge in [0.15, 0.2) is 0 Å². The Hall–Kier alpha value is -1.58. The van der Waals surface area contributed by atoms with Crippen molar-refractivity contribution in [1.82, 2.24) is 4.90 Å². The second-order valence-electron chi connectivity index (χ2n) is 3.70. The average Bonchev–Trinajstić information content (AvgIpc) is 2.25. The van der Waals surface area contributed by atoms with Crippen LogP contribution in [0.3, 0.4) is 0 Å². The fourth-order valence-corrected chi connectivity index (χ4v) is 1.36. The summed E-state index contributed by atoms with van der Waals surface area (Å²) in [5.41, 5.74) is 9.64. The summed E-state index contributed by atoms with van der Waals surface area (Å²) in [4.78, 5) is 22.6. The fraction of sp³-hybridized carbons (Fsp3) is 0.778. The van der Waals surface area contributed by atoms with Gasteiger partial charge in [-0.2, -0.15) is 0 Å². The van der Waals surface area contributed by atoms with Crippen LogP contribution in [0.5, 0.6) is 0 Å². The molecular formula is C9H19N3O6. The first kappa shape index (κ1) is 16.4. The van der Waals surface area contributed by atoms with Gasteiger partial charge >= 0.3 is 12.2 Å². The molecule has 0 aliphatic heterocycles. The maximum atomic E-state index is 10.5. The summed E-state index contributed by atoms with van der Waals surface area (Å²) in [6.07, 6.45) is -3.56. The predicted octanol–water partition coefficient (Wildman–Crippen LogP) is -2.17. The van der Waals surface area contributed by atoms with Gasteiger partial charge in [0.2, 0.25) is 0 Å². The van der Waals surface area contributed by atoms with E-state index in [2.05, 4.69) is 9.47 Å². The zero-order chi connectivity index (χ0) is 14.1. The van der Waals surface area contributed by atoms with Gasteiger partial charge in [-0.1, -0.05) is 0 Å². The van der Waals surface area contributed by atoms with Crippen LogP contribution in [0.4, 0.5) is 9.59 Å². The molecule has 9 nitrogen and oxygen atoms in total. The van der Waals surface area contributed by atoms with Crippen LogP contribution in [-0.4, -0.2) is 72.9 Å². The Morgan fingerprint density at radius 2 is 1.39 bits per heavy atom. The number of rotatable bonds is 8. The van der Waals surface area contributed by atoms with Gasteiger partial charge in [-0.25, -0.2) is 9.59 Å². The zero-order valence-corrected chi connectivity index (χ0v) is 10.1. The van der Waals surface area contributed by atoms with Crippen molar-refractivity contribution >= 4 is 12.2 Å². The standard InChI is InChI=1S/C9H19N3O6/c1-12(2-6(4-13)17-8(10)15)3-7(5-14)18-9(11)16/h6-7,13-14H,2-5H2,1H3,(H2,10,15)(H2,11,16). The molecule has 0 radical (unpaired) electrons. The second-order valence-corrected chi connectivity index (χ2v) is 3.70. The lowest BCUT2D eigenvalue weighted by Crippen LogP contribution is -2.42. The number of carbonyl (C=O) groups excluding carboxylic acids is 2. The van der Waals surface area contributed by atoms with E-state index in [-0.39, 0.29) is 13.1 Å². The van der Waals surface area contributed by atoms with Crippen LogP contribution >= 0.6 is 0 Å². The van der Waals surface area contributed by atoms with E-state index in [0.29, 0.717) is 0 Å². The van der Waals surface area contributed by atoms with E-state index >= 15 is 0 Å². The van der Waals surface area contributed by atoms with Gasteiger partial charge in [0, 0.05) is 13.1 Å². The van der Waals surface area contributed by atoms with Gasteiger partial charge in [-0.05, 0) is 7.05 Å². The van der Waals surface area contributed by atoms with Gasteiger partial charge < -0.3 is 31.2 Å². The van der Waals surface area contributed by atoms with Crippen molar-refractivity contribution in [3.05, 3.63) is 0 Å². The molecule has 2 atom stereocenters. The largest absolute Gasteiger partial charge is 0.443 e. The summed E-state index contributed by atoms with van der Waals surface area (Å²) in [7, 11) is 1.63. The van der Waals surface area contributed by atoms with Gasteiger partial charge in [-0.3, -0.25) is 4.90 Å². The minimum absolute atomic E-state index is 0.165. The Labute approximate surface area is 104 Å².